The van der Waals surface area contributed by atoms with Crippen molar-refractivity contribution in [1.82, 2.24) is 20.9 Å². The van der Waals surface area contributed by atoms with Crippen LogP contribution in [0.15, 0.2) is 24.3 Å². The molecule has 0 aromatic heterocycles. The van der Waals surface area contributed by atoms with E-state index < -0.39 is 0 Å². The smallest absolute Gasteiger partial charge is 0.251 e. The molecule has 3 N–H and O–H groups in total. The van der Waals surface area contributed by atoms with Crippen molar-refractivity contribution in [2.24, 2.45) is 0 Å². The molecule has 2 saturated heterocycles. The Balaban J connectivity index is 0.00000182. The Morgan fingerprint density at radius 2 is 1.74 bits per heavy atom. The monoisotopic (exact) mass is 416 g/mol. The SMILES string of the molecule is Cl.Cl.O=C(NCCN1CCCC1)c1ccc(CNC(=O)C2CCCN2)cc1. The number of carbonyl (C=O) groups is 2. The molecule has 2 aliphatic heterocycles. The average Bonchev–Trinajstić information content (AvgIpc) is 3.34. The average molecular weight is 417 g/mol. The minimum atomic E-state index is -0.0549. The highest BCUT2D eigenvalue weighted by Gasteiger charge is 2.21. The van der Waals surface area contributed by atoms with E-state index in [1.54, 1.807) is 0 Å². The lowest BCUT2D eigenvalue weighted by molar-refractivity contribution is -0.122. The first-order chi connectivity index (χ1) is 12.2. The third kappa shape index (κ3) is 7.30. The molecule has 3 rings (SSSR count). The molecule has 8 heteroatoms. The molecule has 2 fully saturated rings. The molecule has 0 saturated carbocycles. The van der Waals surface area contributed by atoms with Gasteiger partial charge in [-0.15, -0.1) is 24.8 Å². The van der Waals surface area contributed by atoms with E-state index in [2.05, 4.69) is 20.9 Å². The summed E-state index contributed by atoms with van der Waals surface area (Å²) in [6, 6.07) is 7.39. The number of carbonyl (C=O) groups excluding carboxylic acids is 2. The van der Waals surface area contributed by atoms with Crippen molar-refractivity contribution in [2.75, 3.05) is 32.7 Å². The number of benzene rings is 1. The van der Waals surface area contributed by atoms with Gasteiger partial charge in [0.25, 0.3) is 5.91 Å². The second-order valence-corrected chi connectivity index (χ2v) is 6.87. The molecular formula is C19H30Cl2N4O2. The summed E-state index contributed by atoms with van der Waals surface area (Å²) in [4.78, 5) is 26.5. The lowest BCUT2D eigenvalue weighted by Crippen LogP contribution is -2.40. The fourth-order valence-electron chi connectivity index (χ4n) is 3.43. The second kappa shape index (κ2) is 12.2. The maximum Gasteiger partial charge on any atom is 0.251 e. The third-order valence-electron chi connectivity index (χ3n) is 4.97. The molecule has 2 heterocycles. The molecule has 0 radical (unpaired) electrons. The van der Waals surface area contributed by atoms with E-state index >= 15 is 0 Å². The van der Waals surface area contributed by atoms with Crippen molar-refractivity contribution in [2.45, 2.75) is 38.3 Å². The first-order valence-corrected chi connectivity index (χ1v) is 9.33. The van der Waals surface area contributed by atoms with Crippen LogP contribution in [-0.2, 0) is 11.3 Å². The van der Waals surface area contributed by atoms with E-state index in [1.165, 1.54) is 12.8 Å². The Kier molecular flexibility index (Phi) is 10.7. The van der Waals surface area contributed by atoms with E-state index in [1.807, 2.05) is 24.3 Å². The highest BCUT2D eigenvalue weighted by molar-refractivity contribution is 5.94. The molecule has 1 unspecified atom stereocenters. The molecule has 2 amide bonds. The maximum atomic E-state index is 12.2. The molecule has 27 heavy (non-hydrogen) atoms. The van der Waals surface area contributed by atoms with Crippen LogP contribution in [0.3, 0.4) is 0 Å². The first kappa shape index (κ1) is 23.7. The fourth-order valence-corrected chi connectivity index (χ4v) is 3.43. The van der Waals surface area contributed by atoms with Crippen LogP contribution in [-0.4, -0.2) is 55.5 Å². The molecule has 1 aromatic carbocycles. The van der Waals surface area contributed by atoms with Crippen LogP contribution >= 0.6 is 24.8 Å². The number of likely N-dealkylation sites (tertiary alicyclic amines) is 1. The van der Waals surface area contributed by atoms with Crippen LogP contribution in [0.4, 0.5) is 0 Å². The van der Waals surface area contributed by atoms with E-state index in [0.29, 0.717) is 18.7 Å². The number of rotatable bonds is 7. The summed E-state index contributed by atoms with van der Waals surface area (Å²) in [5.74, 6) is 0.0196. The molecule has 1 aromatic rings. The van der Waals surface area contributed by atoms with Crippen molar-refractivity contribution < 1.29 is 9.59 Å². The lowest BCUT2D eigenvalue weighted by atomic mass is 10.1. The van der Waals surface area contributed by atoms with Crippen molar-refractivity contribution in [1.29, 1.82) is 0 Å². The molecule has 0 aliphatic carbocycles. The van der Waals surface area contributed by atoms with Gasteiger partial charge in [-0.2, -0.15) is 0 Å². The zero-order valence-corrected chi connectivity index (χ0v) is 17.2. The Bertz CT molecular complexity index is 586. The summed E-state index contributed by atoms with van der Waals surface area (Å²) in [5.41, 5.74) is 1.66. The van der Waals surface area contributed by atoms with Gasteiger partial charge in [0.05, 0.1) is 6.04 Å². The van der Waals surface area contributed by atoms with E-state index in [9.17, 15) is 9.59 Å². The van der Waals surface area contributed by atoms with E-state index in [-0.39, 0.29) is 42.7 Å². The third-order valence-corrected chi connectivity index (χ3v) is 4.97. The van der Waals surface area contributed by atoms with Gasteiger partial charge in [0, 0.05) is 25.2 Å². The van der Waals surface area contributed by atoms with Crippen LogP contribution in [0.1, 0.15) is 41.6 Å². The van der Waals surface area contributed by atoms with Crippen LogP contribution in [0.25, 0.3) is 0 Å². The summed E-state index contributed by atoms with van der Waals surface area (Å²) in [5, 5.41) is 9.11. The van der Waals surface area contributed by atoms with Crippen molar-refractivity contribution >= 4 is 36.6 Å². The Hall–Kier alpha value is -1.34. The quantitative estimate of drug-likeness (QED) is 0.632. The highest BCUT2D eigenvalue weighted by atomic mass is 35.5. The topological polar surface area (TPSA) is 73.5 Å². The lowest BCUT2D eigenvalue weighted by Gasteiger charge is -2.14. The fraction of sp³-hybridized carbons (Fsp3) is 0.579. The summed E-state index contributed by atoms with van der Waals surface area (Å²) in [6.07, 6.45) is 4.49. The van der Waals surface area contributed by atoms with Gasteiger partial charge >= 0.3 is 0 Å². The van der Waals surface area contributed by atoms with Crippen molar-refractivity contribution in [3.63, 3.8) is 0 Å². The van der Waals surface area contributed by atoms with E-state index in [4.69, 9.17) is 0 Å². The number of nitrogens with zero attached hydrogens (tertiary/aromatic N) is 1. The van der Waals surface area contributed by atoms with Gasteiger partial charge in [0.1, 0.15) is 0 Å². The highest BCUT2D eigenvalue weighted by Crippen LogP contribution is 2.08. The number of hydrogen-bond acceptors (Lipinski definition) is 4. The van der Waals surface area contributed by atoms with Crippen molar-refractivity contribution in [3.05, 3.63) is 35.4 Å². The van der Waals surface area contributed by atoms with Crippen LogP contribution in [0.2, 0.25) is 0 Å². The summed E-state index contributed by atoms with van der Waals surface area (Å²) >= 11 is 0. The van der Waals surface area contributed by atoms with Crippen LogP contribution in [0.5, 0.6) is 0 Å². The molecule has 6 nitrogen and oxygen atoms in total. The summed E-state index contributed by atoms with van der Waals surface area (Å²) < 4.78 is 0. The summed E-state index contributed by atoms with van der Waals surface area (Å²) in [7, 11) is 0. The van der Waals surface area contributed by atoms with E-state index in [0.717, 1.165) is 44.6 Å². The molecule has 0 spiro atoms. The number of amides is 2. The molecule has 0 bridgehead atoms. The Morgan fingerprint density at radius 3 is 2.37 bits per heavy atom. The first-order valence-electron chi connectivity index (χ1n) is 9.33. The van der Waals surface area contributed by atoms with Gasteiger partial charge in [-0.1, -0.05) is 12.1 Å². The maximum absolute atomic E-state index is 12.2. The van der Waals surface area contributed by atoms with Gasteiger partial charge < -0.3 is 20.9 Å². The minimum Gasteiger partial charge on any atom is -0.351 e. The molecule has 152 valence electrons. The molecule has 2 aliphatic rings. The molecule has 1 atom stereocenters. The number of nitrogens with one attached hydrogen (secondary N) is 3. The zero-order valence-electron chi connectivity index (χ0n) is 15.5. The van der Waals surface area contributed by atoms with Gasteiger partial charge in [-0.25, -0.2) is 0 Å². The zero-order chi connectivity index (χ0) is 17.5. The van der Waals surface area contributed by atoms with Gasteiger partial charge in [0.15, 0.2) is 0 Å². The molecular weight excluding hydrogens is 387 g/mol. The van der Waals surface area contributed by atoms with Crippen molar-refractivity contribution in [3.8, 4) is 0 Å². The number of hydrogen-bond donors (Lipinski definition) is 3. The summed E-state index contributed by atoms with van der Waals surface area (Å²) in [6.45, 7) is 5.31. The Labute approximate surface area is 173 Å². The van der Waals surface area contributed by atoms with Gasteiger partial charge in [-0.3, -0.25) is 9.59 Å². The standard InChI is InChI=1S/C19H28N4O2.2ClH/c24-18(21-10-13-23-11-1-2-12-23)16-7-5-15(6-8-16)14-22-19(25)17-4-3-9-20-17;;/h5-8,17,20H,1-4,9-14H2,(H,21,24)(H,22,25);2*1H. The predicted molar refractivity (Wildman–Crippen MR) is 112 cm³/mol. The number of halogens is 2. The largest absolute Gasteiger partial charge is 0.351 e. The minimum absolute atomic E-state index is 0. The Morgan fingerprint density at radius 1 is 1.04 bits per heavy atom. The normalized spacial score (nSPS) is 19.0. The van der Waals surface area contributed by atoms with Crippen LogP contribution in [0, 0.1) is 0 Å². The van der Waals surface area contributed by atoms with Gasteiger partial charge in [0.2, 0.25) is 5.91 Å². The second-order valence-electron chi connectivity index (χ2n) is 6.87. The van der Waals surface area contributed by atoms with Gasteiger partial charge in [-0.05, 0) is 63.0 Å². The predicted octanol–water partition coefficient (Wildman–Crippen LogP) is 1.72. The van der Waals surface area contributed by atoms with Crippen LogP contribution < -0.4 is 16.0 Å².